The molecule has 122 valence electrons. The van der Waals surface area contributed by atoms with Crippen LogP contribution in [0.5, 0.6) is 0 Å². The van der Waals surface area contributed by atoms with Gasteiger partial charge in [-0.25, -0.2) is 0 Å². The van der Waals surface area contributed by atoms with Crippen LogP contribution in [-0.2, 0) is 16.1 Å². The van der Waals surface area contributed by atoms with Gasteiger partial charge in [-0.15, -0.1) is 0 Å². The summed E-state index contributed by atoms with van der Waals surface area (Å²) < 4.78 is 0. The number of carbonyl (C=O) groups excluding carboxylic acids is 2. The lowest BCUT2D eigenvalue weighted by molar-refractivity contribution is -0.130. The van der Waals surface area contributed by atoms with Crippen molar-refractivity contribution in [1.82, 2.24) is 14.8 Å². The average Bonchev–Trinajstić information content (AvgIpc) is 2.85. The molecule has 3 N–H and O–H groups in total. The average molecular weight is 314 g/mol. The van der Waals surface area contributed by atoms with E-state index < -0.39 is 0 Å². The maximum atomic E-state index is 11.7. The van der Waals surface area contributed by atoms with Crippen molar-refractivity contribution < 1.29 is 9.59 Å². The molecule has 3 rings (SSSR count). The van der Waals surface area contributed by atoms with Gasteiger partial charge in [0.25, 0.3) is 0 Å². The quantitative estimate of drug-likeness (QED) is 0.884. The van der Waals surface area contributed by atoms with Crippen molar-refractivity contribution in [3.05, 3.63) is 36.0 Å². The predicted octanol–water partition coefficient (Wildman–Crippen LogP) is 0.933. The number of nitrogens with two attached hydrogens (primary N) is 1. The van der Waals surface area contributed by atoms with Crippen LogP contribution in [0.1, 0.15) is 12.5 Å². The van der Waals surface area contributed by atoms with E-state index in [4.69, 9.17) is 5.73 Å². The first-order valence-corrected chi connectivity index (χ1v) is 7.86. The Hall–Kier alpha value is -2.34. The summed E-state index contributed by atoms with van der Waals surface area (Å²) in [6, 6.07) is 8.36. The summed E-state index contributed by atoms with van der Waals surface area (Å²) in [6.45, 7) is 4.64. The van der Waals surface area contributed by atoms with Crippen LogP contribution >= 0.6 is 0 Å². The molecule has 1 aromatic heterocycles. The van der Waals surface area contributed by atoms with Crippen LogP contribution in [0.3, 0.4) is 0 Å². The summed E-state index contributed by atoms with van der Waals surface area (Å²) in [5, 5.41) is 1.18. The van der Waals surface area contributed by atoms with Crippen molar-refractivity contribution >= 4 is 22.7 Å². The van der Waals surface area contributed by atoms with Gasteiger partial charge in [0.15, 0.2) is 0 Å². The summed E-state index contributed by atoms with van der Waals surface area (Å²) in [7, 11) is 0. The highest BCUT2D eigenvalue weighted by Gasteiger charge is 2.27. The molecule has 0 radical (unpaired) electrons. The number of benzene rings is 1. The molecule has 0 saturated carbocycles. The lowest BCUT2D eigenvalue weighted by Crippen LogP contribution is -2.39. The molecule has 1 aliphatic rings. The van der Waals surface area contributed by atoms with E-state index in [1.165, 1.54) is 17.9 Å². The third kappa shape index (κ3) is 3.53. The number of aromatic nitrogens is 1. The number of aromatic amines is 1. The number of amides is 2. The van der Waals surface area contributed by atoms with Crippen LogP contribution in [0.2, 0.25) is 0 Å². The van der Waals surface area contributed by atoms with Gasteiger partial charge in [-0.2, -0.15) is 0 Å². The Morgan fingerprint density at radius 3 is 2.83 bits per heavy atom. The summed E-state index contributed by atoms with van der Waals surface area (Å²) in [4.78, 5) is 30.4. The van der Waals surface area contributed by atoms with E-state index in [1.54, 1.807) is 4.90 Å². The number of hydrogen-bond acceptors (Lipinski definition) is 3. The maximum Gasteiger partial charge on any atom is 0.223 e. The molecule has 2 aromatic rings. The van der Waals surface area contributed by atoms with Gasteiger partial charge in [-0.05, 0) is 23.1 Å². The molecule has 1 aliphatic heterocycles. The normalized spacial score (nSPS) is 19.7. The molecule has 0 unspecified atom stereocenters. The molecule has 1 atom stereocenters. The molecule has 6 heteroatoms. The first-order valence-electron chi connectivity index (χ1n) is 7.86. The molecule has 0 bridgehead atoms. The van der Waals surface area contributed by atoms with E-state index in [-0.39, 0.29) is 17.7 Å². The van der Waals surface area contributed by atoms with Gasteiger partial charge >= 0.3 is 0 Å². The zero-order chi connectivity index (χ0) is 16.4. The highest BCUT2D eigenvalue weighted by Crippen LogP contribution is 2.17. The molecule has 1 aromatic carbocycles. The van der Waals surface area contributed by atoms with Crippen molar-refractivity contribution in [3.8, 4) is 0 Å². The fourth-order valence-corrected chi connectivity index (χ4v) is 3.14. The minimum atomic E-state index is -0.344. The number of primary amides is 1. The van der Waals surface area contributed by atoms with Crippen LogP contribution in [0.4, 0.5) is 0 Å². The topological polar surface area (TPSA) is 82.4 Å². The monoisotopic (exact) mass is 314 g/mol. The third-order valence-electron chi connectivity index (χ3n) is 4.48. The Kier molecular flexibility index (Phi) is 4.34. The second-order valence-electron chi connectivity index (χ2n) is 6.20. The summed E-state index contributed by atoms with van der Waals surface area (Å²) in [5.74, 6) is -0.676. The SMILES string of the molecule is CC(=O)N1CCN(Cc2ccc3cc[nH]c3c2)C[C@H](C(N)=O)C1. The van der Waals surface area contributed by atoms with E-state index in [9.17, 15) is 9.59 Å². The molecule has 1 fully saturated rings. The Labute approximate surface area is 135 Å². The molecule has 6 nitrogen and oxygen atoms in total. The van der Waals surface area contributed by atoms with Gasteiger partial charge in [0.1, 0.15) is 0 Å². The summed E-state index contributed by atoms with van der Waals surface area (Å²) in [6.07, 6.45) is 1.92. The number of hydrogen-bond donors (Lipinski definition) is 2. The lowest BCUT2D eigenvalue weighted by atomic mass is 10.1. The largest absolute Gasteiger partial charge is 0.369 e. The highest BCUT2D eigenvalue weighted by molar-refractivity contribution is 5.80. The Balaban J connectivity index is 1.75. The van der Waals surface area contributed by atoms with E-state index in [1.807, 2.05) is 12.3 Å². The first-order chi connectivity index (χ1) is 11.0. The number of nitrogens with zero attached hydrogens (tertiary/aromatic N) is 2. The van der Waals surface area contributed by atoms with Crippen LogP contribution in [0.25, 0.3) is 10.9 Å². The first kappa shape index (κ1) is 15.6. The van der Waals surface area contributed by atoms with Crippen molar-refractivity contribution in [2.24, 2.45) is 11.7 Å². The Morgan fingerprint density at radius 1 is 1.26 bits per heavy atom. The standard InChI is InChI=1S/C17H22N4O2/c1-12(22)21-7-6-20(10-15(11-21)17(18)23)9-13-2-3-14-4-5-19-16(14)8-13/h2-5,8,15,19H,6-7,9-11H2,1H3,(H2,18,23)/t15-/m0/s1. The minimum Gasteiger partial charge on any atom is -0.369 e. The molecule has 0 aliphatic carbocycles. The van der Waals surface area contributed by atoms with Crippen LogP contribution in [0.15, 0.2) is 30.5 Å². The van der Waals surface area contributed by atoms with Crippen LogP contribution in [-0.4, -0.2) is 52.8 Å². The molecule has 0 spiro atoms. The molecule has 1 saturated heterocycles. The van der Waals surface area contributed by atoms with Gasteiger partial charge < -0.3 is 15.6 Å². The predicted molar refractivity (Wildman–Crippen MR) is 88.5 cm³/mol. The van der Waals surface area contributed by atoms with E-state index in [0.29, 0.717) is 19.6 Å². The van der Waals surface area contributed by atoms with Gasteiger partial charge in [0.2, 0.25) is 11.8 Å². The molecule has 2 heterocycles. The van der Waals surface area contributed by atoms with Crippen molar-refractivity contribution in [3.63, 3.8) is 0 Å². The van der Waals surface area contributed by atoms with Crippen molar-refractivity contribution in [1.29, 1.82) is 0 Å². The Bertz CT molecular complexity index is 724. The highest BCUT2D eigenvalue weighted by atomic mass is 16.2. The molecule has 2 amide bonds. The smallest absolute Gasteiger partial charge is 0.223 e. The molecular formula is C17H22N4O2. The maximum absolute atomic E-state index is 11.7. The molecule has 23 heavy (non-hydrogen) atoms. The second kappa shape index (κ2) is 6.42. The fraction of sp³-hybridized carbons (Fsp3) is 0.412. The zero-order valence-corrected chi connectivity index (χ0v) is 13.3. The Morgan fingerprint density at radius 2 is 2.09 bits per heavy atom. The van der Waals surface area contributed by atoms with E-state index in [0.717, 1.165) is 18.6 Å². The number of rotatable bonds is 3. The van der Waals surface area contributed by atoms with Gasteiger partial charge in [0, 0.05) is 51.4 Å². The summed E-state index contributed by atoms with van der Waals surface area (Å²) in [5.41, 5.74) is 7.79. The lowest BCUT2D eigenvalue weighted by Gasteiger charge is -2.22. The van der Waals surface area contributed by atoms with Gasteiger partial charge in [0.05, 0.1) is 5.92 Å². The van der Waals surface area contributed by atoms with E-state index in [2.05, 4.69) is 28.1 Å². The minimum absolute atomic E-state index is 0.00842. The number of H-pyrrole nitrogens is 1. The van der Waals surface area contributed by atoms with Crippen LogP contribution < -0.4 is 5.73 Å². The second-order valence-corrected chi connectivity index (χ2v) is 6.20. The van der Waals surface area contributed by atoms with Crippen LogP contribution in [0, 0.1) is 5.92 Å². The van der Waals surface area contributed by atoms with Gasteiger partial charge in [-0.1, -0.05) is 12.1 Å². The zero-order valence-electron chi connectivity index (χ0n) is 13.3. The summed E-state index contributed by atoms with van der Waals surface area (Å²) >= 11 is 0. The molecular weight excluding hydrogens is 292 g/mol. The third-order valence-corrected chi connectivity index (χ3v) is 4.48. The van der Waals surface area contributed by atoms with E-state index >= 15 is 0 Å². The fourth-order valence-electron chi connectivity index (χ4n) is 3.14. The van der Waals surface area contributed by atoms with Crippen molar-refractivity contribution in [2.45, 2.75) is 13.5 Å². The van der Waals surface area contributed by atoms with Crippen molar-refractivity contribution in [2.75, 3.05) is 26.2 Å². The number of nitrogens with one attached hydrogen (secondary N) is 1. The van der Waals surface area contributed by atoms with Gasteiger partial charge in [-0.3, -0.25) is 14.5 Å². The number of carbonyl (C=O) groups is 2. The number of fused-ring (bicyclic) bond motifs is 1.